The van der Waals surface area contributed by atoms with Crippen molar-refractivity contribution in [2.24, 2.45) is 4.99 Å². The van der Waals surface area contributed by atoms with Gasteiger partial charge in [0.25, 0.3) is 11.5 Å². The normalized spacial score (nSPS) is 16.0. The van der Waals surface area contributed by atoms with E-state index in [1.54, 1.807) is 22.8 Å². The number of thiazole rings is 1. The van der Waals surface area contributed by atoms with E-state index in [-0.39, 0.29) is 11.5 Å². The number of carbonyl (C=O) groups excluding carboxylic acids is 1. The number of amides is 1. The summed E-state index contributed by atoms with van der Waals surface area (Å²) < 4.78 is 8.07. The summed E-state index contributed by atoms with van der Waals surface area (Å²) >= 11 is 2.88. The summed E-state index contributed by atoms with van der Waals surface area (Å²) in [6.45, 7) is 5.57. The fraction of sp³-hybridized carbons (Fsp3) is 0.160. The van der Waals surface area contributed by atoms with Gasteiger partial charge in [-0.3, -0.25) is 14.2 Å². The molecule has 1 N–H and O–H groups in total. The molecule has 4 aromatic rings. The van der Waals surface area contributed by atoms with E-state index in [1.165, 1.54) is 11.3 Å². The minimum absolute atomic E-state index is 0.195. The van der Waals surface area contributed by atoms with Crippen LogP contribution in [0.1, 0.15) is 34.9 Å². The Kier molecular flexibility index (Phi) is 5.47. The molecule has 1 aromatic carbocycles. The van der Waals surface area contributed by atoms with Gasteiger partial charge in [0.2, 0.25) is 0 Å². The molecule has 1 amide bonds. The van der Waals surface area contributed by atoms with Crippen molar-refractivity contribution in [3.8, 4) is 0 Å². The number of benzene rings is 1. The molecule has 1 unspecified atom stereocenters. The first kappa shape index (κ1) is 21.4. The van der Waals surface area contributed by atoms with E-state index in [1.807, 2.05) is 73.8 Å². The summed E-state index contributed by atoms with van der Waals surface area (Å²) in [6, 6.07) is 14.4. The van der Waals surface area contributed by atoms with Crippen LogP contribution in [0, 0.1) is 13.8 Å². The van der Waals surface area contributed by atoms with E-state index < -0.39 is 6.04 Å². The van der Waals surface area contributed by atoms with Gasteiger partial charge in [0, 0.05) is 10.6 Å². The van der Waals surface area contributed by atoms with Crippen molar-refractivity contribution in [3.63, 3.8) is 0 Å². The summed E-state index contributed by atoms with van der Waals surface area (Å²) in [7, 11) is 0. The molecule has 166 valence electrons. The van der Waals surface area contributed by atoms with Gasteiger partial charge in [-0.1, -0.05) is 35.6 Å². The van der Waals surface area contributed by atoms with Gasteiger partial charge in [0.15, 0.2) is 4.80 Å². The molecule has 0 saturated heterocycles. The maximum atomic E-state index is 13.5. The SMILES string of the molecule is CC1=C(C(=O)Nc2ccccc2C)C(c2ccc(C)o2)n2c(sc(=Cc3cccs3)c2=O)=N1. The van der Waals surface area contributed by atoms with Crippen LogP contribution in [0.3, 0.4) is 0 Å². The Morgan fingerprint density at radius 2 is 1.94 bits per heavy atom. The molecule has 1 aliphatic rings. The maximum Gasteiger partial charge on any atom is 0.271 e. The molecule has 0 radical (unpaired) electrons. The quantitative estimate of drug-likeness (QED) is 0.482. The van der Waals surface area contributed by atoms with Gasteiger partial charge < -0.3 is 9.73 Å². The third-order valence-corrected chi connectivity index (χ3v) is 7.31. The number of para-hydroxylation sites is 1. The summed E-state index contributed by atoms with van der Waals surface area (Å²) in [5.74, 6) is 0.927. The van der Waals surface area contributed by atoms with E-state index in [0.717, 1.165) is 10.4 Å². The number of nitrogens with zero attached hydrogens (tertiary/aromatic N) is 2. The predicted molar refractivity (Wildman–Crippen MR) is 131 cm³/mol. The van der Waals surface area contributed by atoms with Gasteiger partial charge in [-0.15, -0.1) is 11.3 Å². The molecule has 0 saturated carbocycles. The molecular formula is C25H21N3O3S2. The summed E-state index contributed by atoms with van der Waals surface area (Å²) in [4.78, 5) is 33.2. The second-order valence-corrected chi connectivity index (χ2v) is 9.80. The predicted octanol–water partition coefficient (Wildman–Crippen LogP) is 4.15. The van der Waals surface area contributed by atoms with Crippen molar-refractivity contribution in [2.45, 2.75) is 26.8 Å². The van der Waals surface area contributed by atoms with Crippen molar-refractivity contribution in [3.05, 3.63) is 107 Å². The Morgan fingerprint density at radius 1 is 1.12 bits per heavy atom. The Hall–Kier alpha value is -3.49. The van der Waals surface area contributed by atoms with Crippen LogP contribution >= 0.6 is 22.7 Å². The number of furan rings is 1. The zero-order valence-corrected chi connectivity index (χ0v) is 19.9. The number of allylic oxidation sites excluding steroid dienone is 1. The number of hydrogen-bond acceptors (Lipinski definition) is 6. The molecule has 0 aliphatic carbocycles. The minimum atomic E-state index is -0.704. The lowest BCUT2D eigenvalue weighted by atomic mass is 10.00. The zero-order valence-electron chi connectivity index (χ0n) is 18.3. The fourth-order valence-corrected chi connectivity index (χ4v) is 5.66. The molecule has 6 nitrogen and oxygen atoms in total. The number of thiophene rings is 1. The van der Waals surface area contributed by atoms with E-state index in [9.17, 15) is 9.59 Å². The summed E-state index contributed by atoms with van der Waals surface area (Å²) in [5.41, 5.74) is 2.42. The van der Waals surface area contributed by atoms with Gasteiger partial charge in [-0.05, 0) is 62.1 Å². The number of rotatable bonds is 4. The monoisotopic (exact) mass is 475 g/mol. The van der Waals surface area contributed by atoms with E-state index in [4.69, 9.17) is 4.42 Å². The summed E-state index contributed by atoms with van der Waals surface area (Å²) in [6.07, 6.45) is 1.87. The van der Waals surface area contributed by atoms with Crippen LogP contribution in [-0.2, 0) is 4.79 Å². The molecule has 0 fully saturated rings. The molecule has 0 bridgehead atoms. The van der Waals surface area contributed by atoms with Crippen LogP contribution in [0.5, 0.6) is 0 Å². The highest BCUT2D eigenvalue weighted by molar-refractivity contribution is 7.11. The fourth-order valence-electron chi connectivity index (χ4n) is 3.89. The molecule has 5 rings (SSSR count). The lowest BCUT2D eigenvalue weighted by Gasteiger charge is -2.23. The second kappa shape index (κ2) is 8.46. The Balaban J connectivity index is 1.67. The minimum Gasteiger partial charge on any atom is -0.464 e. The number of fused-ring (bicyclic) bond motifs is 1. The number of aromatic nitrogens is 1. The molecular weight excluding hydrogens is 454 g/mol. The van der Waals surface area contributed by atoms with Gasteiger partial charge in [-0.25, -0.2) is 4.99 Å². The van der Waals surface area contributed by atoms with E-state index >= 15 is 0 Å². The van der Waals surface area contributed by atoms with Crippen LogP contribution in [0.4, 0.5) is 5.69 Å². The van der Waals surface area contributed by atoms with Gasteiger partial charge >= 0.3 is 0 Å². The van der Waals surface area contributed by atoms with Gasteiger partial charge in [0.05, 0.1) is 15.8 Å². The lowest BCUT2D eigenvalue weighted by molar-refractivity contribution is -0.113. The van der Waals surface area contributed by atoms with Crippen LogP contribution < -0.4 is 20.2 Å². The highest BCUT2D eigenvalue weighted by Gasteiger charge is 2.34. The zero-order chi connectivity index (χ0) is 23.1. The third kappa shape index (κ3) is 3.92. The topological polar surface area (TPSA) is 76.6 Å². The highest BCUT2D eigenvalue weighted by atomic mass is 32.1. The lowest BCUT2D eigenvalue weighted by Crippen LogP contribution is -2.40. The van der Waals surface area contributed by atoms with Crippen molar-refractivity contribution in [1.82, 2.24) is 4.57 Å². The van der Waals surface area contributed by atoms with Gasteiger partial charge in [-0.2, -0.15) is 0 Å². The smallest absolute Gasteiger partial charge is 0.271 e. The molecule has 8 heteroatoms. The van der Waals surface area contributed by atoms with Crippen molar-refractivity contribution >= 4 is 40.3 Å². The molecule has 3 aromatic heterocycles. The number of nitrogens with one attached hydrogen (secondary N) is 1. The van der Waals surface area contributed by atoms with Crippen LogP contribution in [0.25, 0.3) is 6.08 Å². The molecule has 33 heavy (non-hydrogen) atoms. The molecule has 1 atom stereocenters. The number of hydrogen-bond donors (Lipinski definition) is 1. The Morgan fingerprint density at radius 3 is 2.64 bits per heavy atom. The van der Waals surface area contributed by atoms with Crippen LogP contribution in [-0.4, -0.2) is 10.5 Å². The first-order chi connectivity index (χ1) is 15.9. The average molecular weight is 476 g/mol. The third-order valence-electron chi connectivity index (χ3n) is 5.51. The highest BCUT2D eigenvalue weighted by Crippen LogP contribution is 2.32. The van der Waals surface area contributed by atoms with Crippen molar-refractivity contribution in [1.29, 1.82) is 0 Å². The number of aryl methyl sites for hydroxylation is 2. The van der Waals surface area contributed by atoms with E-state index in [2.05, 4.69) is 10.3 Å². The van der Waals surface area contributed by atoms with Gasteiger partial charge in [0.1, 0.15) is 17.6 Å². The van der Waals surface area contributed by atoms with E-state index in [0.29, 0.717) is 37.8 Å². The molecule has 0 spiro atoms. The molecule has 4 heterocycles. The number of carbonyl (C=O) groups is 1. The largest absolute Gasteiger partial charge is 0.464 e. The second-order valence-electron chi connectivity index (χ2n) is 7.81. The first-order valence-electron chi connectivity index (χ1n) is 10.4. The van der Waals surface area contributed by atoms with Crippen molar-refractivity contribution in [2.75, 3.05) is 5.32 Å². The van der Waals surface area contributed by atoms with Crippen LogP contribution in [0.2, 0.25) is 0 Å². The number of anilines is 1. The standard InChI is InChI=1S/C25H21N3O3S2/c1-14-7-4-5-9-18(14)27-23(29)21-16(3)26-25-28(22(21)19-11-10-15(2)31-19)24(30)20(33-25)13-17-8-6-12-32-17/h4-13,22H,1-3H3,(H,27,29). The maximum absolute atomic E-state index is 13.5. The first-order valence-corrected chi connectivity index (χ1v) is 12.1. The average Bonchev–Trinajstić information content (AvgIpc) is 3.51. The Bertz CT molecular complexity index is 1570. The van der Waals surface area contributed by atoms with Crippen LogP contribution in [0.15, 0.2) is 79.4 Å². The Labute approximate surface area is 197 Å². The molecule has 1 aliphatic heterocycles. The summed E-state index contributed by atoms with van der Waals surface area (Å²) in [5, 5.41) is 4.96. The van der Waals surface area contributed by atoms with Crippen molar-refractivity contribution < 1.29 is 9.21 Å².